The van der Waals surface area contributed by atoms with Gasteiger partial charge >= 0.3 is 0 Å². The average Bonchev–Trinajstić information content (AvgIpc) is 2.22. The molecule has 2 nitrogen and oxygen atoms in total. The molecule has 1 saturated carbocycles. The largest absolute Gasteiger partial charge is 0.381 e. The number of hydrogen-bond donors (Lipinski definition) is 2. The Balaban J connectivity index is 2.01. The molecule has 1 fully saturated rings. The van der Waals surface area contributed by atoms with Crippen LogP contribution in [0.1, 0.15) is 25.7 Å². The summed E-state index contributed by atoms with van der Waals surface area (Å²) in [6.07, 6.45) is 4.81. The van der Waals surface area contributed by atoms with E-state index in [1.807, 2.05) is 24.3 Å². The molecule has 0 heterocycles. The molecular weight excluding hydrogens is 208 g/mol. The van der Waals surface area contributed by atoms with Crippen molar-refractivity contribution < 1.29 is 0 Å². The topological polar surface area (TPSA) is 38.0 Å². The van der Waals surface area contributed by atoms with Crippen LogP contribution in [0.3, 0.4) is 0 Å². The summed E-state index contributed by atoms with van der Waals surface area (Å²) in [5, 5.41) is 4.23. The van der Waals surface area contributed by atoms with Gasteiger partial charge < -0.3 is 11.1 Å². The quantitative estimate of drug-likeness (QED) is 0.811. The zero-order valence-corrected chi connectivity index (χ0v) is 9.50. The van der Waals surface area contributed by atoms with Gasteiger partial charge in [0.2, 0.25) is 0 Å². The summed E-state index contributed by atoms with van der Waals surface area (Å²) in [7, 11) is 0. The number of anilines is 1. The van der Waals surface area contributed by atoms with Gasteiger partial charge in [0.15, 0.2) is 0 Å². The molecule has 0 saturated heterocycles. The summed E-state index contributed by atoms with van der Waals surface area (Å²) in [6, 6.07) is 8.50. The number of nitrogens with one attached hydrogen (secondary N) is 1. The highest BCUT2D eigenvalue weighted by Gasteiger charge is 2.21. The molecule has 0 bridgehead atoms. The van der Waals surface area contributed by atoms with E-state index in [1.165, 1.54) is 12.8 Å². The third-order valence-electron chi connectivity index (χ3n) is 3.00. The lowest BCUT2D eigenvalue weighted by molar-refractivity contribution is 0.404. The molecule has 3 heteroatoms. The van der Waals surface area contributed by atoms with Crippen molar-refractivity contribution in [2.45, 2.75) is 37.8 Å². The standard InChI is InChI=1S/C12H17ClN2/c13-9-4-3-5-10(8-9)15-12-7-2-1-6-11(12)14/h3-5,8,11-12,15H,1-2,6-7,14H2/t11-,12+/m1/s1. The summed E-state index contributed by atoms with van der Waals surface area (Å²) in [4.78, 5) is 0. The predicted molar refractivity (Wildman–Crippen MR) is 65.3 cm³/mol. The van der Waals surface area contributed by atoms with Crippen molar-refractivity contribution in [3.05, 3.63) is 29.3 Å². The van der Waals surface area contributed by atoms with Crippen LogP contribution in [0, 0.1) is 0 Å². The highest BCUT2D eigenvalue weighted by Crippen LogP contribution is 2.22. The molecule has 1 aliphatic rings. The lowest BCUT2D eigenvalue weighted by atomic mass is 9.91. The van der Waals surface area contributed by atoms with Gasteiger partial charge in [-0.2, -0.15) is 0 Å². The molecule has 0 aliphatic heterocycles. The number of halogens is 1. The van der Waals surface area contributed by atoms with E-state index in [4.69, 9.17) is 17.3 Å². The van der Waals surface area contributed by atoms with Gasteiger partial charge in [0, 0.05) is 22.8 Å². The van der Waals surface area contributed by atoms with Crippen molar-refractivity contribution in [1.29, 1.82) is 0 Å². The van der Waals surface area contributed by atoms with Crippen LogP contribution in [0.25, 0.3) is 0 Å². The van der Waals surface area contributed by atoms with E-state index in [-0.39, 0.29) is 6.04 Å². The zero-order chi connectivity index (χ0) is 10.7. The number of hydrogen-bond acceptors (Lipinski definition) is 2. The van der Waals surface area contributed by atoms with E-state index in [0.29, 0.717) is 6.04 Å². The highest BCUT2D eigenvalue weighted by atomic mass is 35.5. The van der Waals surface area contributed by atoms with E-state index in [1.54, 1.807) is 0 Å². The fourth-order valence-electron chi connectivity index (χ4n) is 2.13. The molecule has 15 heavy (non-hydrogen) atoms. The molecule has 0 aromatic heterocycles. The maximum absolute atomic E-state index is 6.07. The van der Waals surface area contributed by atoms with Crippen molar-refractivity contribution in [1.82, 2.24) is 0 Å². The minimum atomic E-state index is 0.276. The lowest BCUT2D eigenvalue weighted by Crippen LogP contribution is -2.42. The Morgan fingerprint density at radius 2 is 2.07 bits per heavy atom. The van der Waals surface area contributed by atoms with Crippen molar-refractivity contribution in [3.8, 4) is 0 Å². The van der Waals surface area contributed by atoms with Crippen LogP contribution in [-0.2, 0) is 0 Å². The lowest BCUT2D eigenvalue weighted by Gasteiger charge is -2.30. The first kappa shape index (κ1) is 10.8. The SMILES string of the molecule is N[C@@H]1CCCC[C@@H]1Nc1cccc(Cl)c1. The second kappa shape index (κ2) is 4.86. The van der Waals surface area contributed by atoms with E-state index in [2.05, 4.69) is 5.32 Å². The molecule has 0 amide bonds. The summed E-state index contributed by atoms with van der Waals surface area (Å²) >= 11 is 5.93. The van der Waals surface area contributed by atoms with E-state index < -0.39 is 0 Å². The first-order chi connectivity index (χ1) is 7.25. The Bertz CT molecular complexity index is 327. The van der Waals surface area contributed by atoms with Crippen molar-refractivity contribution >= 4 is 17.3 Å². The van der Waals surface area contributed by atoms with E-state index in [0.717, 1.165) is 23.6 Å². The van der Waals surface area contributed by atoms with Gasteiger partial charge in [0.25, 0.3) is 0 Å². The highest BCUT2D eigenvalue weighted by molar-refractivity contribution is 6.30. The Hall–Kier alpha value is -0.730. The van der Waals surface area contributed by atoms with Gasteiger partial charge in [-0.25, -0.2) is 0 Å². The smallest absolute Gasteiger partial charge is 0.0426 e. The third-order valence-corrected chi connectivity index (χ3v) is 3.23. The first-order valence-corrected chi connectivity index (χ1v) is 5.91. The first-order valence-electron chi connectivity index (χ1n) is 5.53. The van der Waals surface area contributed by atoms with Crippen LogP contribution >= 0.6 is 11.6 Å². The molecule has 2 rings (SSSR count). The normalized spacial score (nSPS) is 26.3. The molecule has 82 valence electrons. The predicted octanol–water partition coefficient (Wildman–Crippen LogP) is 3.02. The van der Waals surface area contributed by atoms with Crippen molar-refractivity contribution in [2.75, 3.05) is 5.32 Å². The van der Waals surface area contributed by atoms with Crippen LogP contribution in [-0.4, -0.2) is 12.1 Å². The van der Waals surface area contributed by atoms with Gasteiger partial charge in [-0.15, -0.1) is 0 Å². The molecule has 0 radical (unpaired) electrons. The van der Waals surface area contributed by atoms with Crippen molar-refractivity contribution in [2.24, 2.45) is 5.73 Å². The third kappa shape index (κ3) is 2.86. The number of rotatable bonds is 2. The maximum atomic E-state index is 6.07. The minimum Gasteiger partial charge on any atom is -0.381 e. The monoisotopic (exact) mass is 224 g/mol. The van der Waals surface area contributed by atoms with Crippen LogP contribution in [0.5, 0.6) is 0 Å². The van der Waals surface area contributed by atoms with Gasteiger partial charge in [-0.05, 0) is 31.0 Å². The number of nitrogens with two attached hydrogens (primary N) is 1. The van der Waals surface area contributed by atoms with E-state index >= 15 is 0 Å². The Morgan fingerprint density at radius 1 is 1.27 bits per heavy atom. The van der Waals surface area contributed by atoms with Crippen LogP contribution in [0.15, 0.2) is 24.3 Å². The summed E-state index contributed by atoms with van der Waals surface area (Å²) < 4.78 is 0. The Kier molecular flexibility index (Phi) is 3.49. The molecule has 0 spiro atoms. The molecule has 3 N–H and O–H groups in total. The Morgan fingerprint density at radius 3 is 2.80 bits per heavy atom. The molecule has 1 aromatic carbocycles. The molecule has 1 aromatic rings. The molecular formula is C12H17ClN2. The second-order valence-corrected chi connectivity index (χ2v) is 4.65. The zero-order valence-electron chi connectivity index (χ0n) is 8.75. The number of benzene rings is 1. The van der Waals surface area contributed by atoms with Crippen molar-refractivity contribution in [3.63, 3.8) is 0 Å². The van der Waals surface area contributed by atoms with Gasteiger partial charge in [-0.3, -0.25) is 0 Å². The summed E-state index contributed by atoms with van der Waals surface area (Å²) in [6.45, 7) is 0. The summed E-state index contributed by atoms with van der Waals surface area (Å²) in [5.41, 5.74) is 7.14. The second-order valence-electron chi connectivity index (χ2n) is 4.21. The molecule has 1 aliphatic carbocycles. The Labute approximate surface area is 95.8 Å². The fraction of sp³-hybridized carbons (Fsp3) is 0.500. The van der Waals surface area contributed by atoms with Crippen LogP contribution in [0.4, 0.5) is 5.69 Å². The fourth-order valence-corrected chi connectivity index (χ4v) is 2.32. The van der Waals surface area contributed by atoms with Gasteiger partial charge in [-0.1, -0.05) is 30.5 Å². The van der Waals surface area contributed by atoms with Gasteiger partial charge in [0.1, 0.15) is 0 Å². The van der Waals surface area contributed by atoms with E-state index in [9.17, 15) is 0 Å². The molecule has 0 unspecified atom stereocenters. The van der Waals surface area contributed by atoms with Crippen LogP contribution < -0.4 is 11.1 Å². The average molecular weight is 225 g/mol. The molecule has 2 atom stereocenters. The van der Waals surface area contributed by atoms with Gasteiger partial charge in [0.05, 0.1) is 0 Å². The summed E-state index contributed by atoms with van der Waals surface area (Å²) in [5.74, 6) is 0. The van der Waals surface area contributed by atoms with Crippen LogP contribution in [0.2, 0.25) is 5.02 Å². The maximum Gasteiger partial charge on any atom is 0.0426 e. The minimum absolute atomic E-state index is 0.276.